The number of rotatable bonds is 4. The molecule has 0 radical (unpaired) electrons. The zero-order valence-corrected chi connectivity index (χ0v) is 15.3. The molecule has 1 aliphatic heterocycles. The highest BCUT2D eigenvalue weighted by Gasteiger charge is 2.38. The van der Waals surface area contributed by atoms with E-state index in [0.717, 1.165) is 32.2 Å². The standard InChI is InChI=1S/C23H28N2O/c24-21-13-14-25(23(26)19-10-4-5-11-19)22(21)16-17-7-6-12-20(15-17)18-8-2-1-3-9-18/h1-3,6-9,12,15,19,21-22H,4-5,10-11,13-14,16,24H2. The van der Waals surface area contributed by atoms with E-state index in [-0.39, 0.29) is 18.0 Å². The van der Waals surface area contributed by atoms with Crippen LogP contribution in [0.2, 0.25) is 0 Å². The Balaban J connectivity index is 1.52. The maximum absolute atomic E-state index is 13.0. The van der Waals surface area contributed by atoms with Gasteiger partial charge in [-0.25, -0.2) is 0 Å². The van der Waals surface area contributed by atoms with E-state index in [4.69, 9.17) is 5.73 Å². The molecule has 1 saturated heterocycles. The Kier molecular flexibility index (Phi) is 5.07. The average molecular weight is 348 g/mol. The second kappa shape index (κ2) is 7.63. The molecule has 26 heavy (non-hydrogen) atoms. The molecule has 0 spiro atoms. The van der Waals surface area contributed by atoms with E-state index in [1.54, 1.807) is 0 Å². The van der Waals surface area contributed by atoms with Crippen LogP contribution in [0.25, 0.3) is 11.1 Å². The van der Waals surface area contributed by atoms with Gasteiger partial charge in [-0.2, -0.15) is 0 Å². The lowest BCUT2D eigenvalue weighted by molar-refractivity contribution is -0.136. The normalized spacial score (nSPS) is 23.5. The summed E-state index contributed by atoms with van der Waals surface area (Å²) in [6.07, 6.45) is 6.27. The second-order valence-corrected chi connectivity index (χ2v) is 7.80. The van der Waals surface area contributed by atoms with Crippen LogP contribution in [0.15, 0.2) is 54.6 Å². The third kappa shape index (κ3) is 3.54. The summed E-state index contributed by atoms with van der Waals surface area (Å²) in [5.41, 5.74) is 10.1. The lowest BCUT2D eigenvalue weighted by Gasteiger charge is -2.29. The smallest absolute Gasteiger partial charge is 0.225 e. The average Bonchev–Trinajstić information content (AvgIpc) is 3.33. The first kappa shape index (κ1) is 17.3. The maximum Gasteiger partial charge on any atom is 0.225 e. The van der Waals surface area contributed by atoms with Gasteiger partial charge in [0.1, 0.15) is 0 Å². The second-order valence-electron chi connectivity index (χ2n) is 7.80. The molecule has 0 aromatic heterocycles. The Hall–Kier alpha value is -2.13. The summed E-state index contributed by atoms with van der Waals surface area (Å²) in [7, 11) is 0. The number of carbonyl (C=O) groups is 1. The SMILES string of the molecule is NC1CCN(C(=O)C2CCCC2)C1Cc1cccc(-c2ccccc2)c1. The molecule has 1 amide bonds. The number of benzene rings is 2. The largest absolute Gasteiger partial charge is 0.338 e. The Bertz CT molecular complexity index is 752. The van der Waals surface area contributed by atoms with Gasteiger partial charge < -0.3 is 10.6 Å². The van der Waals surface area contributed by atoms with Gasteiger partial charge in [0, 0.05) is 18.5 Å². The molecule has 2 aliphatic rings. The molecule has 2 N–H and O–H groups in total. The number of hydrogen-bond donors (Lipinski definition) is 1. The van der Waals surface area contributed by atoms with Gasteiger partial charge in [0.15, 0.2) is 0 Å². The fourth-order valence-corrected chi connectivity index (χ4v) is 4.57. The molecule has 1 aliphatic carbocycles. The number of hydrogen-bond acceptors (Lipinski definition) is 2. The van der Waals surface area contributed by atoms with Crippen LogP contribution in [0.1, 0.15) is 37.7 Å². The van der Waals surface area contributed by atoms with Crippen LogP contribution in [0.4, 0.5) is 0 Å². The van der Waals surface area contributed by atoms with Crippen LogP contribution in [-0.2, 0) is 11.2 Å². The minimum atomic E-state index is 0.0840. The molecule has 2 aromatic carbocycles. The Morgan fingerprint density at radius 3 is 2.46 bits per heavy atom. The van der Waals surface area contributed by atoms with E-state index in [0.29, 0.717) is 5.91 Å². The predicted octanol–water partition coefficient (Wildman–Crippen LogP) is 4.01. The van der Waals surface area contributed by atoms with Gasteiger partial charge in [0.2, 0.25) is 5.91 Å². The van der Waals surface area contributed by atoms with Crippen molar-refractivity contribution < 1.29 is 4.79 Å². The molecule has 3 heteroatoms. The molecule has 136 valence electrons. The van der Waals surface area contributed by atoms with Crippen molar-refractivity contribution in [2.45, 2.75) is 50.6 Å². The fourth-order valence-electron chi connectivity index (χ4n) is 4.57. The van der Waals surface area contributed by atoms with Crippen LogP contribution in [-0.4, -0.2) is 29.4 Å². The summed E-state index contributed by atoms with van der Waals surface area (Å²) in [5.74, 6) is 0.582. The monoisotopic (exact) mass is 348 g/mol. The Labute approximate surface area is 156 Å². The van der Waals surface area contributed by atoms with E-state index >= 15 is 0 Å². The Morgan fingerprint density at radius 2 is 1.69 bits per heavy atom. The van der Waals surface area contributed by atoms with Gasteiger partial charge in [-0.05, 0) is 42.4 Å². The summed E-state index contributed by atoms with van der Waals surface area (Å²) in [6, 6.07) is 19.3. The highest BCUT2D eigenvalue weighted by atomic mass is 16.2. The fraction of sp³-hybridized carbons (Fsp3) is 0.435. The van der Waals surface area contributed by atoms with Crippen molar-refractivity contribution >= 4 is 5.91 Å². The number of amides is 1. The molecule has 0 bridgehead atoms. The van der Waals surface area contributed by atoms with Gasteiger partial charge in [-0.15, -0.1) is 0 Å². The van der Waals surface area contributed by atoms with Crippen LogP contribution >= 0.6 is 0 Å². The van der Waals surface area contributed by atoms with Gasteiger partial charge >= 0.3 is 0 Å². The van der Waals surface area contributed by atoms with E-state index in [1.165, 1.54) is 29.5 Å². The van der Waals surface area contributed by atoms with Gasteiger partial charge in [-0.1, -0.05) is 67.4 Å². The molecule has 1 heterocycles. The molecule has 2 atom stereocenters. The minimum absolute atomic E-state index is 0.0840. The van der Waals surface area contributed by atoms with Crippen molar-refractivity contribution in [2.75, 3.05) is 6.54 Å². The predicted molar refractivity (Wildman–Crippen MR) is 106 cm³/mol. The molecule has 1 saturated carbocycles. The van der Waals surface area contributed by atoms with Crippen molar-refractivity contribution in [3.8, 4) is 11.1 Å². The lowest BCUT2D eigenvalue weighted by Crippen LogP contribution is -2.45. The van der Waals surface area contributed by atoms with Crippen molar-refractivity contribution in [3.05, 3.63) is 60.2 Å². The van der Waals surface area contributed by atoms with Gasteiger partial charge in [-0.3, -0.25) is 4.79 Å². The van der Waals surface area contributed by atoms with E-state index in [9.17, 15) is 4.79 Å². The highest BCUT2D eigenvalue weighted by Crippen LogP contribution is 2.31. The summed E-state index contributed by atoms with van der Waals surface area (Å²) in [4.78, 5) is 15.0. The topological polar surface area (TPSA) is 46.3 Å². The number of nitrogens with two attached hydrogens (primary N) is 1. The minimum Gasteiger partial charge on any atom is -0.338 e. The third-order valence-corrected chi connectivity index (χ3v) is 6.06. The number of likely N-dealkylation sites (tertiary alicyclic amines) is 1. The third-order valence-electron chi connectivity index (χ3n) is 6.06. The van der Waals surface area contributed by atoms with Gasteiger partial charge in [0.05, 0.1) is 6.04 Å². The van der Waals surface area contributed by atoms with Crippen LogP contribution in [0.3, 0.4) is 0 Å². The number of carbonyl (C=O) groups excluding carboxylic acids is 1. The molecule has 2 unspecified atom stereocenters. The van der Waals surface area contributed by atoms with Crippen molar-refractivity contribution in [1.82, 2.24) is 4.90 Å². The van der Waals surface area contributed by atoms with E-state index in [1.807, 2.05) is 6.07 Å². The van der Waals surface area contributed by atoms with E-state index < -0.39 is 0 Å². The van der Waals surface area contributed by atoms with Crippen molar-refractivity contribution in [1.29, 1.82) is 0 Å². The molecule has 2 fully saturated rings. The maximum atomic E-state index is 13.0. The summed E-state index contributed by atoms with van der Waals surface area (Å²) >= 11 is 0. The van der Waals surface area contributed by atoms with E-state index in [2.05, 4.69) is 53.4 Å². The molecule has 4 rings (SSSR count). The summed E-state index contributed by atoms with van der Waals surface area (Å²) in [5, 5.41) is 0. The van der Waals surface area contributed by atoms with Crippen molar-refractivity contribution in [3.63, 3.8) is 0 Å². The molecular formula is C23H28N2O. The highest BCUT2D eigenvalue weighted by molar-refractivity contribution is 5.80. The zero-order chi connectivity index (χ0) is 17.9. The van der Waals surface area contributed by atoms with Crippen LogP contribution < -0.4 is 5.73 Å². The molecule has 2 aromatic rings. The van der Waals surface area contributed by atoms with Crippen molar-refractivity contribution in [2.24, 2.45) is 11.7 Å². The van der Waals surface area contributed by atoms with Gasteiger partial charge in [0.25, 0.3) is 0 Å². The Morgan fingerprint density at radius 1 is 0.962 bits per heavy atom. The summed E-state index contributed by atoms with van der Waals surface area (Å²) < 4.78 is 0. The first-order valence-corrected chi connectivity index (χ1v) is 9.93. The molecule has 3 nitrogen and oxygen atoms in total. The first-order chi connectivity index (χ1) is 12.7. The zero-order valence-electron chi connectivity index (χ0n) is 15.3. The number of nitrogens with zero attached hydrogens (tertiary/aromatic N) is 1. The van der Waals surface area contributed by atoms with Crippen LogP contribution in [0, 0.1) is 5.92 Å². The lowest BCUT2D eigenvalue weighted by atomic mass is 9.96. The quantitative estimate of drug-likeness (QED) is 0.907. The molecular weight excluding hydrogens is 320 g/mol. The van der Waals surface area contributed by atoms with Crippen LogP contribution in [0.5, 0.6) is 0 Å². The first-order valence-electron chi connectivity index (χ1n) is 9.93. The summed E-state index contributed by atoms with van der Waals surface area (Å²) in [6.45, 7) is 0.819.